The van der Waals surface area contributed by atoms with E-state index in [1.54, 1.807) is 13.2 Å². The molecule has 1 rings (SSSR count). The van der Waals surface area contributed by atoms with E-state index in [9.17, 15) is 8.78 Å². The Morgan fingerprint density at radius 1 is 1.12 bits per heavy atom. The summed E-state index contributed by atoms with van der Waals surface area (Å²) in [6.45, 7) is 5.85. The summed E-state index contributed by atoms with van der Waals surface area (Å²) >= 11 is 0. The molecule has 0 aromatic heterocycles. The van der Waals surface area contributed by atoms with E-state index in [2.05, 4.69) is 5.32 Å². The van der Waals surface area contributed by atoms with Crippen molar-refractivity contribution in [3.05, 3.63) is 35.4 Å². The zero-order valence-electron chi connectivity index (χ0n) is 10.6. The average Bonchev–Trinajstić information content (AvgIpc) is 2.31. The Bertz CT molecular complexity index is 370. The van der Waals surface area contributed by atoms with Gasteiger partial charge in [-0.05, 0) is 38.5 Å². The fourth-order valence-electron chi connectivity index (χ4n) is 1.61. The lowest BCUT2D eigenvalue weighted by atomic mass is 10.1. The third kappa shape index (κ3) is 3.75. The Hall–Kier alpha value is -1.00. The highest BCUT2D eigenvalue weighted by molar-refractivity contribution is 5.20. The van der Waals surface area contributed by atoms with Crippen LogP contribution in [-0.2, 0) is 4.74 Å². The van der Waals surface area contributed by atoms with E-state index in [1.807, 2.05) is 20.8 Å². The minimum atomic E-state index is -0.820. The molecule has 96 valence electrons. The second kappa shape index (κ2) is 6.07. The fraction of sp³-hybridized carbons (Fsp3) is 0.538. The number of halogens is 2. The minimum Gasteiger partial charge on any atom is -0.380 e. The number of methoxy groups -OCH3 is 1. The Kier molecular flexibility index (Phi) is 5.02. The molecule has 0 aliphatic rings. The Morgan fingerprint density at radius 3 is 2.29 bits per heavy atom. The molecule has 0 amide bonds. The van der Waals surface area contributed by atoms with Crippen LogP contribution in [0, 0.1) is 11.6 Å². The Morgan fingerprint density at radius 2 is 1.76 bits per heavy atom. The standard InChI is InChI=1S/C13H19F2NO/c1-8(10(3)17-4)16-9(2)11-5-6-12(14)13(15)7-11/h5-10,16H,1-4H3. The van der Waals surface area contributed by atoms with E-state index in [0.29, 0.717) is 0 Å². The molecule has 4 heteroatoms. The van der Waals surface area contributed by atoms with Gasteiger partial charge in [0.2, 0.25) is 0 Å². The van der Waals surface area contributed by atoms with Crippen LogP contribution in [0.5, 0.6) is 0 Å². The van der Waals surface area contributed by atoms with Crippen LogP contribution in [0.1, 0.15) is 32.4 Å². The van der Waals surface area contributed by atoms with Gasteiger partial charge in [0, 0.05) is 19.2 Å². The van der Waals surface area contributed by atoms with Crippen molar-refractivity contribution >= 4 is 0 Å². The largest absolute Gasteiger partial charge is 0.380 e. The van der Waals surface area contributed by atoms with Crippen LogP contribution in [0.25, 0.3) is 0 Å². The molecule has 0 spiro atoms. The zero-order chi connectivity index (χ0) is 13.0. The lowest BCUT2D eigenvalue weighted by Gasteiger charge is -2.24. The van der Waals surface area contributed by atoms with Crippen LogP contribution in [0.2, 0.25) is 0 Å². The van der Waals surface area contributed by atoms with Crippen molar-refractivity contribution in [3.63, 3.8) is 0 Å². The summed E-state index contributed by atoms with van der Waals surface area (Å²) in [4.78, 5) is 0. The minimum absolute atomic E-state index is 0.0577. The quantitative estimate of drug-likeness (QED) is 0.858. The summed E-state index contributed by atoms with van der Waals surface area (Å²) in [5, 5.41) is 3.28. The summed E-state index contributed by atoms with van der Waals surface area (Å²) in [6, 6.07) is 4.02. The first kappa shape index (κ1) is 14.1. The SMILES string of the molecule is COC(C)C(C)NC(C)c1ccc(F)c(F)c1. The second-order valence-corrected chi connectivity index (χ2v) is 4.29. The zero-order valence-corrected chi connectivity index (χ0v) is 10.6. The first-order valence-electron chi connectivity index (χ1n) is 5.69. The predicted molar refractivity (Wildman–Crippen MR) is 63.8 cm³/mol. The van der Waals surface area contributed by atoms with Crippen LogP contribution in [0.3, 0.4) is 0 Å². The van der Waals surface area contributed by atoms with E-state index >= 15 is 0 Å². The van der Waals surface area contributed by atoms with Crippen molar-refractivity contribution in [1.29, 1.82) is 0 Å². The molecular weight excluding hydrogens is 224 g/mol. The summed E-state index contributed by atoms with van der Waals surface area (Å²) in [7, 11) is 1.64. The van der Waals surface area contributed by atoms with Crippen LogP contribution in [0.4, 0.5) is 8.78 Å². The third-order valence-corrected chi connectivity index (χ3v) is 3.03. The molecule has 0 aliphatic heterocycles. The fourth-order valence-corrected chi connectivity index (χ4v) is 1.61. The molecule has 0 saturated carbocycles. The van der Waals surface area contributed by atoms with Gasteiger partial charge in [0.1, 0.15) is 0 Å². The third-order valence-electron chi connectivity index (χ3n) is 3.03. The van der Waals surface area contributed by atoms with Gasteiger partial charge in [-0.2, -0.15) is 0 Å². The van der Waals surface area contributed by atoms with E-state index in [0.717, 1.165) is 11.6 Å². The van der Waals surface area contributed by atoms with Crippen LogP contribution in [0.15, 0.2) is 18.2 Å². The van der Waals surface area contributed by atoms with Gasteiger partial charge in [0.15, 0.2) is 11.6 Å². The number of nitrogens with one attached hydrogen (secondary N) is 1. The van der Waals surface area contributed by atoms with Crippen molar-refractivity contribution in [2.75, 3.05) is 7.11 Å². The number of ether oxygens (including phenoxy) is 1. The van der Waals surface area contributed by atoms with E-state index in [-0.39, 0.29) is 18.2 Å². The first-order chi connectivity index (χ1) is 7.95. The normalized spacial score (nSPS) is 16.6. The van der Waals surface area contributed by atoms with Crippen LogP contribution < -0.4 is 5.32 Å². The lowest BCUT2D eigenvalue weighted by molar-refractivity contribution is 0.0852. The topological polar surface area (TPSA) is 21.3 Å². The molecule has 0 aliphatic carbocycles. The van der Waals surface area contributed by atoms with Gasteiger partial charge in [0.25, 0.3) is 0 Å². The molecule has 0 heterocycles. The molecule has 17 heavy (non-hydrogen) atoms. The monoisotopic (exact) mass is 243 g/mol. The number of rotatable bonds is 5. The van der Waals surface area contributed by atoms with Gasteiger partial charge in [-0.15, -0.1) is 0 Å². The van der Waals surface area contributed by atoms with Crippen molar-refractivity contribution < 1.29 is 13.5 Å². The van der Waals surface area contributed by atoms with Crippen molar-refractivity contribution in [3.8, 4) is 0 Å². The average molecular weight is 243 g/mol. The van der Waals surface area contributed by atoms with Gasteiger partial charge in [-0.25, -0.2) is 8.78 Å². The molecule has 3 atom stereocenters. The molecule has 0 saturated heterocycles. The number of hydrogen-bond acceptors (Lipinski definition) is 2. The van der Waals surface area contributed by atoms with Gasteiger partial charge in [-0.3, -0.25) is 0 Å². The van der Waals surface area contributed by atoms with Crippen LogP contribution in [-0.4, -0.2) is 19.3 Å². The summed E-state index contributed by atoms with van der Waals surface area (Å²) in [6.07, 6.45) is 0.0581. The van der Waals surface area contributed by atoms with Crippen molar-refractivity contribution in [2.45, 2.75) is 39.0 Å². The predicted octanol–water partition coefficient (Wildman–Crippen LogP) is 3.04. The maximum Gasteiger partial charge on any atom is 0.159 e. The molecule has 0 bridgehead atoms. The highest BCUT2D eigenvalue weighted by atomic mass is 19.2. The van der Waals surface area contributed by atoms with Gasteiger partial charge >= 0.3 is 0 Å². The van der Waals surface area contributed by atoms with Crippen LogP contribution >= 0.6 is 0 Å². The van der Waals surface area contributed by atoms with Gasteiger partial charge in [-0.1, -0.05) is 6.07 Å². The lowest BCUT2D eigenvalue weighted by Crippen LogP contribution is -2.38. The van der Waals surface area contributed by atoms with E-state index < -0.39 is 11.6 Å². The van der Waals surface area contributed by atoms with E-state index in [1.165, 1.54) is 6.07 Å². The molecular formula is C13H19F2NO. The maximum absolute atomic E-state index is 13.1. The molecule has 0 radical (unpaired) electrons. The second-order valence-electron chi connectivity index (χ2n) is 4.29. The molecule has 1 N–H and O–H groups in total. The summed E-state index contributed by atoms with van der Waals surface area (Å²) in [5.74, 6) is -1.64. The van der Waals surface area contributed by atoms with Gasteiger partial charge < -0.3 is 10.1 Å². The Balaban J connectivity index is 2.69. The van der Waals surface area contributed by atoms with Crippen molar-refractivity contribution in [1.82, 2.24) is 5.32 Å². The highest BCUT2D eigenvalue weighted by Gasteiger charge is 2.15. The molecule has 1 aromatic carbocycles. The molecule has 3 unspecified atom stereocenters. The maximum atomic E-state index is 13.1. The molecule has 0 fully saturated rings. The first-order valence-corrected chi connectivity index (χ1v) is 5.69. The highest BCUT2D eigenvalue weighted by Crippen LogP contribution is 2.17. The van der Waals surface area contributed by atoms with Gasteiger partial charge in [0.05, 0.1) is 6.10 Å². The smallest absolute Gasteiger partial charge is 0.159 e. The summed E-state index contributed by atoms with van der Waals surface area (Å²) < 4.78 is 31.1. The number of benzene rings is 1. The van der Waals surface area contributed by atoms with E-state index in [4.69, 9.17) is 4.74 Å². The summed E-state index contributed by atoms with van der Waals surface area (Å²) in [5.41, 5.74) is 0.721. The number of hydrogen-bond donors (Lipinski definition) is 1. The Labute approximate surface area is 101 Å². The molecule has 1 aromatic rings. The van der Waals surface area contributed by atoms with Crippen molar-refractivity contribution in [2.24, 2.45) is 0 Å². The molecule has 2 nitrogen and oxygen atoms in total.